The van der Waals surface area contributed by atoms with Crippen LogP contribution in [-0.2, 0) is 6.42 Å². The van der Waals surface area contributed by atoms with Crippen molar-refractivity contribution in [3.63, 3.8) is 0 Å². The molecule has 2 aromatic rings. The Kier molecular flexibility index (Phi) is 2.81. The lowest BCUT2D eigenvalue weighted by Crippen LogP contribution is -2.16. The Morgan fingerprint density at radius 3 is 2.74 bits per heavy atom. The Labute approximate surface area is 110 Å². The second kappa shape index (κ2) is 4.50. The van der Waals surface area contributed by atoms with E-state index in [1.165, 1.54) is 0 Å². The van der Waals surface area contributed by atoms with E-state index in [9.17, 15) is 4.79 Å². The van der Waals surface area contributed by atoms with Crippen molar-refractivity contribution in [2.24, 2.45) is 0 Å². The molecule has 0 radical (unpaired) electrons. The lowest BCUT2D eigenvalue weighted by molar-refractivity contribution is 0.0697. The molecule has 1 unspecified atom stereocenters. The van der Waals surface area contributed by atoms with Crippen LogP contribution in [0.1, 0.15) is 42.0 Å². The summed E-state index contributed by atoms with van der Waals surface area (Å²) >= 11 is 0. The van der Waals surface area contributed by atoms with E-state index >= 15 is 0 Å². The van der Waals surface area contributed by atoms with Gasteiger partial charge in [-0.05, 0) is 31.9 Å². The number of carboxylic acids is 1. The van der Waals surface area contributed by atoms with Gasteiger partial charge in [-0.25, -0.2) is 14.5 Å². The molecule has 1 aromatic carbocycles. The molecule has 0 saturated carbocycles. The number of nitrogens with zero attached hydrogens (tertiary/aromatic N) is 3. The average molecular weight is 257 g/mol. The molecule has 0 saturated heterocycles. The van der Waals surface area contributed by atoms with E-state index in [0.717, 1.165) is 30.7 Å². The monoisotopic (exact) mass is 257 g/mol. The Balaban J connectivity index is 1.96. The van der Waals surface area contributed by atoms with Gasteiger partial charge in [-0.1, -0.05) is 12.1 Å². The molecule has 98 valence electrons. The summed E-state index contributed by atoms with van der Waals surface area (Å²) in [5.74, 6) is 0.786. The van der Waals surface area contributed by atoms with Gasteiger partial charge in [0.25, 0.3) is 0 Å². The van der Waals surface area contributed by atoms with Crippen molar-refractivity contribution in [3.8, 4) is 11.4 Å². The molecule has 0 aliphatic carbocycles. The van der Waals surface area contributed by atoms with Gasteiger partial charge in [0.2, 0.25) is 0 Å². The van der Waals surface area contributed by atoms with Crippen LogP contribution in [0.5, 0.6) is 0 Å². The van der Waals surface area contributed by atoms with Crippen molar-refractivity contribution in [1.82, 2.24) is 14.8 Å². The zero-order valence-corrected chi connectivity index (χ0v) is 10.7. The number of carboxylic acid groups (broad SMARTS) is 1. The van der Waals surface area contributed by atoms with Crippen LogP contribution in [-0.4, -0.2) is 25.8 Å². The van der Waals surface area contributed by atoms with E-state index in [4.69, 9.17) is 5.11 Å². The SMILES string of the molecule is CC1CCCc2nc(-c3ccc(C(=O)O)cc3)nn21. The second-order valence-corrected chi connectivity index (χ2v) is 4.92. The molecule has 19 heavy (non-hydrogen) atoms. The van der Waals surface area contributed by atoms with Crippen LogP contribution in [0.4, 0.5) is 0 Å². The third-order valence-electron chi connectivity index (χ3n) is 3.53. The lowest BCUT2D eigenvalue weighted by Gasteiger charge is -2.18. The first-order chi connectivity index (χ1) is 9.15. The average Bonchev–Trinajstić information content (AvgIpc) is 2.84. The van der Waals surface area contributed by atoms with Crippen molar-refractivity contribution < 1.29 is 9.90 Å². The Morgan fingerprint density at radius 1 is 1.37 bits per heavy atom. The van der Waals surface area contributed by atoms with Crippen molar-refractivity contribution in [3.05, 3.63) is 35.7 Å². The summed E-state index contributed by atoms with van der Waals surface area (Å²) in [5.41, 5.74) is 1.14. The summed E-state index contributed by atoms with van der Waals surface area (Å²) in [7, 11) is 0. The molecule has 1 aliphatic heterocycles. The minimum Gasteiger partial charge on any atom is -0.478 e. The van der Waals surface area contributed by atoms with Gasteiger partial charge in [-0.15, -0.1) is 0 Å². The molecule has 1 N–H and O–H groups in total. The Morgan fingerprint density at radius 2 is 2.11 bits per heavy atom. The van der Waals surface area contributed by atoms with Crippen LogP contribution in [0.15, 0.2) is 24.3 Å². The summed E-state index contributed by atoms with van der Waals surface area (Å²) in [5, 5.41) is 13.4. The maximum Gasteiger partial charge on any atom is 0.335 e. The van der Waals surface area contributed by atoms with Gasteiger partial charge < -0.3 is 5.11 Å². The quantitative estimate of drug-likeness (QED) is 0.897. The third kappa shape index (κ3) is 2.12. The Hall–Kier alpha value is -2.17. The number of rotatable bonds is 2. The molecule has 5 heteroatoms. The number of aryl methyl sites for hydroxylation is 1. The fourth-order valence-corrected chi connectivity index (χ4v) is 2.44. The third-order valence-corrected chi connectivity index (χ3v) is 3.53. The topological polar surface area (TPSA) is 68.0 Å². The van der Waals surface area contributed by atoms with Gasteiger partial charge in [-0.3, -0.25) is 0 Å². The number of hydrogen-bond donors (Lipinski definition) is 1. The number of fused-ring (bicyclic) bond motifs is 1. The second-order valence-electron chi connectivity index (χ2n) is 4.92. The van der Waals surface area contributed by atoms with Crippen molar-refractivity contribution in [1.29, 1.82) is 0 Å². The first-order valence-electron chi connectivity index (χ1n) is 6.44. The van der Waals surface area contributed by atoms with E-state index in [2.05, 4.69) is 17.0 Å². The molecular weight excluding hydrogens is 242 g/mol. The van der Waals surface area contributed by atoms with Gasteiger partial charge in [0.05, 0.1) is 11.6 Å². The lowest BCUT2D eigenvalue weighted by atomic mass is 10.1. The molecule has 0 spiro atoms. The van der Waals surface area contributed by atoms with Gasteiger partial charge in [-0.2, -0.15) is 5.10 Å². The summed E-state index contributed by atoms with van der Waals surface area (Å²) in [4.78, 5) is 15.4. The van der Waals surface area contributed by atoms with Crippen LogP contribution in [0.25, 0.3) is 11.4 Å². The maximum atomic E-state index is 10.8. The van der Waals surface area contributed by atoms with Crippen LogP contribution < -0.4 is 0 Å². The zero-order valence-electron chi connectivity index (χ0n) is 10.7. The van der Waals surface area contributed by atoms with E-state index in [0.29, 0.717) is 11.9 Å². The van der Waals surface area contributed by atoms with Crippen LogP contribution in [0.2, 0.25) is 0 Å². The first-order valence-corrected chi connectivity index (χ1v) is 6.44. The first kappa shape index (κ1) is 11.9. The van der Waals surface area contributed by atoms with E-state index in [-0.39, 0.29) is 5.56 Å². The number of aromatic carboxylic acids is 1. The number of hydrogen-bond acceptors (Lipinski definition) is 3. The predicted molar refractivity (Wildman–Crippen MR) is 70.1 cm³/mol. The fraction of sp³-hybridized carbons (Fsp3) is 0.357. The highest BCUT2D eigenvalue weighted by molar-refractivity contribution is 5.88. The van der Waals surface area contributed by atoms with E-state index in [1.807, 2.05) is 4.68 Å². The van der Waals surface area contributed by atoms with Crippen molar-refractivity contribution >= 4 is 5.97 Å². The summed E-state index contributed by atoms with van der Waals surface area (Å²) in [6, 6.07) is 7.08. The molecular formula is C14H15N3O2. The highest BCUT2D eigenvalue weighted by Crippen LogP contribution is 2.25. The van der Waals surface area contributed by atoms with Crippen molar-refractivity contribution in [2.45, 2.75) is 32.2 Å². The molecule has 0 fully saturated rings. The molecule has 3 rings (SSSR count). The Bertz CT molecular complexity index is 616. The molecule has 2 heterocycles. The van der Waals surface area contributed by atoms with Crippen LogP contribution in [0.3, 0.4) is 0 Å². The molecule has 0 amide bonds. The highest BCUT2D eigenvalue weighted by Gasteiger charge is 2.20. The molecule has 1 aliphatic rings. The minimum absolute atomic E-state index is 0.279. The van der Waals surface area contributed by atoms with Crippen molar-refractivity contribution in [2.75, 3.05) is 0 Å². The van der Waals surface area contributed by atoms with E-state index in [1.54, 1.807) is 24.3 Å². The maximum absolute atomic E-state index is 10.8. The van der Waals surface area contributed by atoms with Crippen LogP contribution in [0, 0.1) is 0 Å². The smallest absolute Gasteiger partial charge is 0.335 e. The van der Waals surface area contributed by atoms with Crippen LogP contribution >= 0.6 is 0 Å². The minimum atomic E-state index is -0.919. The number of aromatic nitrogens is 3. The van der Waals surface area contributed by atoms with Gasteiger partial charge in [0, 0.05) is 12.0 Å². The van der Waals surface area contributed by atoms with Gasteiger partial charge in [0.15, 0.2) is 5.82 Å². The molecule has 0 bridgehead atoms. The standard InChI is InChI=1S/C14H15N3O2/c1-9-3-2-4-12-15-13(16-17(9)12)10-5-7-11(8-6-10)14(18)19/h5-9H,2-4H2,1H3,(H,18,19). The summed E-state index contributed by atoms with van der Waals surface area (Å²) < 4.78 is 1.99. The normalized spacial score (nSPS) is 18.1. The zero-order chi connectivity index (χ0) is 13.4. The predicted octanol–water partition coefficient (Wildman–Crippen LogP) is 2.54. The van der Waals surface area contributed by atoms with Gasteiger partial charge in [0.1, 0.15) is 5.82 Å². The van der Waals surface area contributed by atoms with E-state index < -0.39 is 5.97 Å². The highest BCUT2D eigenvalue weighted by atomic mass is 16.4. The molecule has 5 nitrogen and oxygen atoms in total. The molecule has 1 aromatic heterocycles. The fourth-order valence-electron chi connectivity index (χ4n) is 2.44. The molecule has 1 atom stereocenters. The summed E-state index contributed by atoms with van der Waals surface area (Å²) in [6.07, 6.45) is 3.25. The largest absolute Gasteiger partial charge is 0.478 e. The number of carbonyl (C=O) groups is 1. The number of benzene rings is 1. The summed E-state index contributed by atoms with van der Waals surface area (Å²) in [6.45, 7) is 2.15. The van der Waals surface area contributed by atoms with Gasteiger partial charge >= 0.3 is 5.97 Å².